The van der Waals surface area contributed by atoms with Crippen molar-refractivity contribution in [3.63, 3.8) is 0 Å². The van der Waals surface area contributed by atoms with E-state index < -0.39 is 11.7 Å². The first-order chi connectivity index (χ1) is 7.16. The Labute approximate surface area is 85.1 Å². The van der Waals surface area contributed by atoms with Crippen molar-refractivity contribution in [1.29, 1.82) is 0 Å². The molecule has 15 heavy (non-hydrogen) atoms. The van der Waals surface area contributed by atoms with Crippen LogP contribution in [0.15, 0.2) is 29.0 Å². The molecule has 0 bridgehead atoms. The van der Waals surface area contributed by atoms with Crippen LogP contribution in [0.3, 0.4) is 0 Å². The Morgan fingerprint density at radius 1 is 1.40 bits per heavy atom. The van der Waals surface area contributed by atoms with E-state index in [0.29, 0.717) is 16.8 Å². The summed E-state index contributed by atoms with van der Waals surface area (Å²) in [6, 6.07) is 4.98. The fraction of sp³-hybridized carbons (Fsp3) is 0.100. The standard InChI is InChI=1S/C10H8N2O3/c1-6(13)10(14)12-7-2-3-8-9(4-7)15-5-11-8/h2-5H,1H3,(H,12,14). The maximum absolute atomic E-state index is 11.1. The van der Waals surface area contributed by atoms with E-state index in [1.807, 2.05) is 0 Å². The Morgan fingerprint density at radius 3 is 2.93 bits per heavy atom. The normalized spacial score (nSPS) is 10.2. The lowest BCUT2D eigenvalue weighted by atomic mass is 10.3. The highest BCUT2D eigenvalue weighted by atomic mass is 16.3. The Bertz CT molecular complexity index is 530. The van der Waals surface area contributed by atoms with E-state index in [0.717, 1.165) is 0 Å². The number of nitrogens with zero attached hydrogens (tertiary/aromatic N) is 1. The number of rotatable bonds is 2. The smallest absolute Gasteiger partial charge is 0.291 e. The topological polar surface area (TPSA) is 72.2 Å². The van der Waals surface area contributed by atoms with Crippen LogP contribution in [0.25, 0.3) is 11.1 Å². The van der Waals surface area contributed by atoms with Gasteiger partial charge in [0.15, 0.2) is 12.0 Å². The fourth-order valence-corrected chi connectivity index (χ4v) is 1.15. The number of hydrogen-bond acceptors (Lipinski definition) is 4. The number of oxazole rings is 1. The first-order valence-corrected chi connectivity index (χ1v) is 4.32. The van der Waals surface area contributed by atoms with Gasteiger partial charge in [0.1, 0.15) is 5.52 Å². The van der Waals surface area contributed by atoms with Crippen LogP contribution in [0, 0.1) is 0 Å². The summed E-state index contributed by atoms with van der Waals surface area (Å²) in [6.07, 6.45) is 1.32. The molecule has 0 saturated carbocycles. The molecule has 76 valence electrons. The van der Waals surface area contributed by atoms with Gasteiger partial charge in [0, 0.05) is 18.7 Å². The molecule has 1 heterocycles. The third-order valence-electron chi connectivity index (χ3n) is 1.91. The molecule has 0 aliphatic rings. The highest BCUT2D eigenvalue weighted by Crippen LogP contribution is 2.17. The number of hydrogen-bond donors (Lipinski definition) is 1. The number of nitrogens with one attached hydrogen (secondary N) is 1. The van der Waals surface area contributed by atoms with Crippen LogP contribution >= 0.6 is 0 Å². The summed E-state index contributed by atoms with van der Waals surface area (Å²) in [5.41, 5.74) is 1.78. The van der Waals surface area contributed by atoms with Gasteiger partial charge in [-0.3, -0.25) is 9.59 Å². The van der Waals surface area contributed by atoms with E-state index in [1.54, 1.807) is 18.2 Å². The minimum absolute atomic E-state index is 0.513. The second kappa shape index (κ2) is 3.53. The summed E-state index contributed by atoms with van der Waals surface area (Å²) in [4.78, 5) is 25.7. The number of fused-ring (bicyclic) bond motifs is 1. The number of carbonyl (C=O) groups is 2. The van der Waals surface area contributed by atoms with Gasteiger partial charge in [-0.2, -0.15) is 0 Å². The highest BCUT2D eigenvalue weighted by molar-refractivity contribution is 6.39. The van der Waals surface area contributed by atoms with Crippen molar-refractivity contribution < 1.29 is 14.0 Å². The van der Waals surface area contributed by atoms with Gasteiger partial charge < -0.3 is 9.73 Å². The Hall–Kier alpha value is -2.17. The zero-order chi connectivity index (χ0) is 10.8. The van der Waals surface area contributed by atoms with Gasteiger partial charge in [0.05, 0.1) is 0 Å². The molecule has 0 unspecified atom stereocenters. The summed E-state index contributed by atoms with van der Waals surface area (Å²) in [6.45, 7) is 1.21. The SMILES string of the molecule is CC(=O)C(=O)Nc1ccc2ncoc2c1. The second-order valence-corrected chi connectivity index (χ2v) is 3.05. The Kier molecular flexibility index (Phi) is 2.21. The number of ketones is 1. The van der Waals surface area contributed by atoms with Crippen molar-refractivity contribution in [1.82, 2.24) is 4.98 Å². The lowest BCUT2D eigenvalue weighted by Crippen LogP contribution is -2.19. The fourth-order valence-electron chi connectivity index (χ4n) is 1.15. The molecule has 0 aliphatic heterocycles. The van der Waals surface area contributed by atoms with Crippen molar-refractivity contribution in [2.75, 3.05) is 5.32 Å². The quantitative estimate of drug-likeness (QED) is 0.749. The van der Waals surface area contributed by atoms with Crippen molar-refractivity contribution in [3.8, 4) is 0 Å². The lowest BCUT2D eigenvalue weighted by Gasteiger charge is -2.01. The van der Waals surface area contributed by atoms with E-state index in [-0.39, 0.29) is 0 Å². The number of aromatic nitrogens is 1. The number of Topliss-reactive ketones (excluding diaryl/α,β-unsaturated/α-hetero) is 1. The molecular formula is C10H8N2O3. The molecule has 5 nitrogen and oxygen atoms in total. The molecule has 0 saturated heterocycles. The van der Waals surface area contributed by atoms with Crippen molar-refractivity contribution >= 4 is 28.5 Å². The number of amides is 1. The van der Waals surface area contributed by atoms with Gasteiger partial charge in [0.25, 0.3) is 5.91 Å². The number of benzene rings is 1. The average molecular weight is 204 g/mol. The van der Waals surface area contributed by atoms with Crippen LogP contribution in [0.4, 0.5) is 5.69 Å². The highest BCUT2D eigenvalue weighted by Gasteiger charge is 2.08. The molecule has 0 fully saturated rings. The molecule has 1 aromatic carbocycles. The molecule has 0 aliphatic carbocycles. The Balaban J connectivity index is 2.28. The zero-order valence-corrected chi connectivity index (χ0v) is 7.98. The van der Waals surface area contributed by atoms with Crippen molar-refractivity contribution in [2.45, 2.75) is 6.92 Å². The van der Waals surface area contributed by atoms with Gasteiger partial charge in [-0.25, -0.2) is 4.98 Å². The summed E-state index contributed by atoms with van der Waals surface area (Å²) in [7, 11) is 0. The van der Waals surface area contributed by atoms with Crippen LogP contribution in [-0.2, 0) is 9.59 Å². The molecule has 2 rings (SSSR count). The van der Waals surface area contributed by atoms with E-state index >= 15 is 0 Å². The van der Waals surface area contributed by atoms with Gasteiger partial charge in [0.2, 0.25) is 5.78 Å². The molecule has 1 N–H and O–H groups in total. The van der Waals surface area contributed by atoms with E-state index in [2.05, 4.69) is 10.3 Å². The third kappa shape index (κ3) is 1.85. The lowest BCUT2D eigenvalue weighted by molar-refractivity contribution is -0.133. The zero-order valence-electron chi connectivity index (χ0n) is 7.98. The van der Waals surface area contributed by atoms with Crippen LogP contribution in [0.2, 0.25) is 0 Å². The summed E-state index contributed by atoms with van der Waals surface area (Å²) in [5.74, 6) is -1.18. The van der Waals surface area contributed by atoms with Crippen molar-refractivity contribution in [3.05, 3.63) is 24.6 Å². The molecule has 1 amide bonds. The van der Waals surface area contributed by atoms with E-state index in [9.17, 15) is 9.59 Å². The van der Waals surface area contributed by atoms with Gasteiger partial charge >= 0.3 is 0 Å². The average Bonchev–Trinajstić information content (AvgIpc) is 2.64. The van der Waals surface area contributed by atoms with Crippen LogP contribution in [0.1, 0.15) is 6.92 Å². The maximum atomic E-state index is 11.1. The summed E-state index contributed by atoms with van der Waals surface area (Å²) < 4.78 is 5.05. The van der Waals surface area contributed by atoms with E-state index in [4.69, 9.17) is 4.42 Å². The van der Waals surface area contributed by atoms with Crippen LogP contribution in [0.5, 0.6) is 0 Å². The molecule has 2 aromatic rings. The molecule has 0 atom stereocenters. The molecule has 1 aromatic heterocycles. The van der Waals surface area contributed by atoms with Crippen molar-refractivity contribution in [2.24, 2.45) is 0 Å². The monoisotopic (exact) mass is 204 g/mol. The molecular weight excluding hydrogens is 196 g/mol. The summed E-state index contributed by atoms with van der Waals surface area (Å²) >= 11 is 0. The maximum Gasteiger partial charge on any atom is 0.291 e. The van der Waals surface area contributed by atoms with Crippen LogP contribution in [-0.4, -0.2) is 16.7 Å². The molecule has 0 radical (unpaired) electrons. The first-order valence-electron chi connectivity index (χ1n) is 4.32. The predicted octanol–water partition coefficient (Wildman–Crippen LogP) is 1.36. The minimum Gasteiger partial charge on any atom is -0.443 e. The summed E-state index contributed by atoms with van der Waals surface area (Å²) in [5, 5.41) is 2.45. The minimum atomic E-state index is -0.645. The van der Waals surface area contributed by atoms with Crippen LogP contribution < -0.4 is 5.32 Å². The van der Waals surface area contributed by atoms with Gasteiger partial charge in [-0.1, -0.05) is 0 Å². The van der Waals surface area contributed by atoms with E-state index in [1.165, 1.54) is 13.3 Å². The van der Waals surface area contributed by atoms with Gasteiger partial charge in [-0.15, -0.1) is 0 Å². The number of anilines is 1. The molecule has 5 heteroatoms. The third-order valence-corrected chi connectivity index (χ3v) is 1.91. The Morgan fingerprint density at radius 2 is 2.20 bits per heavy atom. The van der Waals surface area contributed by atoms with Gasteiger partial charge in [-0.05, 0) is 12.1 Å². The second-order valence-electron chi connectivity index (χ2n) is 3.05. The molecule has 0 spiro atoms. The number of carbonyl (C=O) groups excluding carboxylic acids is 2. The predicted molar refractivity (Wildman–Crippen MR) is 53.3 cm³/mol. The largest absolute Gasteiger partial charge is 0.443 e. The first kappa shape index (κ1) is 9.39.